The van der Waals surface area contributed by atoms with Crippen LogP contribution in [0.3, 0.4) is 0 Å². The number of aromatic nitrogens is 2. The molecule has 146 valence electrons. The summed E-state index contributed by atoms with van der Waals surface area (Å²) in [5.41, 5.74) is 8.68. The number of rotatable bonds is 3. The fourth-order valence-corrected chi connectivity index (χ4v) is 3.88. The van der Waals surface area contributed by atoms with E-state index in [-0.39, 0.29) is 12.6 Å². The second kappa shape index (κ2) is 9.29. The summed E-state index contributed by atoms with van der Waals surface area (Å²) >= 11 is 2.32. The molecule has 0 radical (unpaired) electrons. The summed E-state index contributed by atoms with van der Waals surface area (Å²) in [6.45, 7) is 3.29. The quantitative estimate of drug-likeness (QED) is 0.550. The number of nitrogens with two attached hydrogens (primary N) is 1. The van der Waals surface area contributed by atoms with Crippen LogP contribution in [0.1, 0.15) is 28.9 Å². The van der Waals surface area contributed by atoms with Crippen LogP contribution in [0, 0.1) is 10.5 Å². The lowest BCUT2D eigenvalue weighted by Crippen LogP contribution is -2.32. The van der Waals surface area contributed by atoms with Gasteiger partial charge < -0.3 is 15.7 Å². The number of hydrogen-bond acceptors (Lipinski definition) is 5. The van der Waals surface area contributed by atoms with Gasteiger partial charge >= 0.3 is 0 Å². The Labute approximate surface area is 177 Å². The highest BCUT2D eigenvalue weighted by molar-refractivity contribution is 14.1. The van der Waals surface area contributed by atoms with Gasteiger partial charge in [-0.1, -0.05) is 0 Å². The van der Waals surface area contributed by atoms with E-state index in [1.165, 1.54) is 20.8 Å². The number of benzene rings is 1. The van der Waals surface area contributed by atoms with Crippen LogP contribution in [0.5, 0.6) is 0 Å². The minimum absolute atomic E-state index is 0.229. The smallest absolute Gasteiger partial charge is 0.250 e. The van der Waals surface area contributed by atoms with Crippen LogP contribution in [0.2, 0.25) is 0 Å². The number of hydrogen-bond donors (Lipinski definition) is 2. The first kappa shape index (κ1) is 20.5. The third-order valence-electron chi connectivity index (χ3n) is 4.72. The molecule has 1 aliphatic rings. The van der Waals surface area contributed by atoms with E-state index in [1.807, 2.05) is 6.92 Å². The second-order valence-electron chi connectivity index (χ2n) is 6.72. The lowest BCUT2D eigenvalue weighted by atomic mass is 10.1. The topological polar surface area (TPSA) is 92.3 Å². The highest BCUT2D eigenvalue weighted by Crippen LogP contribution is 2.32. The second-order valence-corrected chi connectivity index (χ2v) is 7.97. The molecule has 3 aromatic rings. The molecule has 0 spiro atoms. The van der Waals surface area contributed by atoms with Gasteiger partial charge in [0.25, 0.3) is 0 Å². The van der Waals surface area contributed by atoms with Crippen molar-refractivity contribution in [3.8, 4) is 0 Å². The molecule has 2 aromatic heterocycles. The van der Waals surface area contributed by atoms with Gasteiger partial charge in [0, 0.05) is 39.3 Å². The number of aliphatic hydroxyl groups is 1. The molecule has 3 heterocycles. The number of anilines is 1. The normalized spacial score (nSPS) is 16.0. The summed E-state index contributed by atoms with van der Waals surface area (Å²) in [6.07, 6.45) is 5.25. The van der Waals surface area contributed by atoms with Crippen LogP contribution in [0.4, 0.5) is 5.69 Å². The lowest BCUT2D eigenvalue weighted by Gasteiger charge is -2.27. The number of carbonyl (C=O) groups is 1. The third kappa shape index (κ3) is 4.77. The van der Waals surface area contributed by atoms with Crippen molar-refractivity contribution in [1.82, 2.24) is 9.97 Å². The van der Waals surface area contributed by atoms with E-state index in [0.29, 0.717) is 5.56 Å². The number of halogens is 1. The van der Waals surface area contributed by atoms with E-state index < -0.39 is 5.91 Å². The van der Waals surface area contributed by atoms with E-state index in [0.717, 1.165) is 30.6 Å². The monoisotopic (exact) mass is 490 g/mol. The van der Waals surface area contributed by atoms with Crippen molar-refractivity contribution < 1.29 is 9.90 Å². The maximum Gasteiger partial charge on any atom is 0.250 e. The molecule has 6 nitrogen and oxygen atoms in total. The Morgan fingerprint density at radius 2 is 2.18 bits per heavy atom. The molecule has 0 saturated carbocycles. The molecular weight excluding hydrogens is 467 g/mol. The molecule has 0 bridgehead atoms. The molecule has 0 unspecified atom stereocenters. The Bertz CT molecular complexity index is 960. The molecule has 3 N–H and O–H groups in total. The Balaban J connectivity index is 0.000000211. The number of pyridine rings is 2. The number of aryl methyl sites for hydroxylation is 1. The van der Waals surface area contributed by atoms with E-state index in [2.05, 4.69) is 61.7 Å². The number of carbonyl (C=O) groups excluding carboxylic acids is 1. The van der Waals surface area contributed by atoms with Crippen molar-refractivity contribution in [1.29, 1.82) is 0 Å². The Morgan fingerprint density at radius 3 is 2.82 bits per heavy atom. The zero-order valence-corrected chi connectivity index (χ0v) is 17.8. The minimum atomic E-state index is -0.442. The molecule has 1 amide bonds. The molecule has 0 aliphatic carbocycles. The molecule has 1 aromatic carbocycles. The molecule has 1 saturated heterocycles. The van der Waals surface area contributed by atoms with Gasteiger partial charge in [-0.15, -0.1) is 0 Å². The summed E-state index contributed by atoms with van der Waals surface area (Å²) < 4.78 is 1.20. The van der Waals surface area contributed by atoms with Crippen LogP contribution in [0.15, 0.2) is 48.8 Å². The zero-order valence-electron chi connectivity index (χ0n) is 15.7. The fraction of sp³-hybridized carbons (Fsp3) is 0.286. The van der Waals surface area contributed by atoms with Crippen molar-refractivity contribution in [3.05, 3.63) is 63.6 Å². The van der Waals surface area contributed by atoms with Gasteiger partial charge in [-0.05, 0) is 78.8 Å². The lowest BCUT2D eigenvalue weighted by molar-refractivity contribution is 0.1000. The average Bonchev–Trinajstić information content (AvgIpc) is 3.17. The SMILES string of the molecule is Cc1cc(N2CCC[C@H]2CO)c2ccc(I)cc2n1.NC(=O)c1cccnc1. The third-order valence-corrected chi connectivity index (χ3v) is 5.39. The molecule has 28 heavy (non-hydrogen) atoms. The molecule has 7 heteroatoms. The minimum Gasteiger partial charge on any atom is -0.394 e. The highest BCUT2D eigenvalue weighted by atomic mass is 127. The van der Waals surface area contributed by atoms with Gasteiger partial charge in [0.1, 0.15) is 0 Å². The summed E-state index contributed by atoms with van der Waals surface area (Å²) in [4.78, 5) is 21.1. The maximum atomic E-state index is 10.4. The summed E-state index contributed by atoms with van der Waals surface area (Å²) in [5, 5.41) is 10.7. The van der Waals surface area contributed by atoms with E-state index >= 15 is 0 Å². The van der Waals surface area contributed by atoms with Crippen molar-refractivity contribution in [2.45, 2.75) is 25.8 Å². The molecule has 1 fully saturated rings. The van der Waals surface area contributed by atoms with Crippen LogP contribution in [0.25, 0.3) is 10.9 Å². The fourth-order valence-electron chi connectivity index (χ4n) is 3.40. The predicted octanol–water partition coefficient (Wildman–Crippen LogP) is 3.29. The first-order valence-electron chi connectivity index (χ1n) is 9.14. The Morgan fingerprint density at radius 1 is 1.36 bits per heavy atom. The largest absolute Gasteiger partial charge is 0.394 e. The van der Waals surface area contributed by atoms with Gasteiger partial charge in [0.15, 0.2) is 0 Å². The predicted molar refractivity (Wildman–Crippen MR) is 119 cm³/mol. The molecule has 4 rings (SSSR count). The zero-order chi connectivity index (χ0) is 20.1. The van der Waals surface area contributed by atoms with E-state index in [4.69, 9.17) is 5.73 Å². The number of fused-ring (bicyclic) bond motifs is 1. The van der Waals surface area contributed by atoms with Crippen molar-refractivity contribution in [2.75, 3.05) is 18.1 Å². The highest BCUT2D eigenvalue weighted by Gasteiger charge is 2.25. The maximum absolute atomic E-state index is 10.4. The number of amides is 1. The van der Waals surface area contributed by atoms with Crippen molar-refractivity contribution >= 4 is 45.1 Å². The number of nitrogens with zero attached hydrogens (tertiary/aromatic N) is 3. The van der Waals surface area contributed by atoms with Gasteiger partial charge in [-0.2, -0.15) is 0 Å². The van der Waals surface area contributed by atoms with Gasteiger partial charge in [-0.3, -0.25) is 14.8 Å². The summed E-state index contributed by atoms with van der Waals surface area (Å²) in [6, 6.07) is 12.1. The molecular formula is C21H23IN4O2. The van der Waals surface area contributed by atoms with Gasteiger partial charge in [0.05, 0.1) is 23.7 Å². The average molecular weight is 490 g/mol. The Kier molecular flexibility index (Phi) is 6.79. The first-order valence-corrected chi connectivity index (χ1v) is 10.2. The van der Waals surface area contributed by atoms with E-state index in [9.17, 15) is 9.90 Å². The summed E-state index contributed by atoms with van der Waals surface area (Å²) in [5.74, 6) is -0.442. The van der Waals surface area contributed by atoms with Crippen LogP contribution in [-0.2, 0) is 0 Å². The number of aliphatic hydroxyl groups excluding tert-OH is 1. The van der Waals surface area contributed by atoms with Gasteiger partial charge in [0.2, 0.25) is 5.91 Å². The van der Waals surface area contributed by atoms with Crippen molar-refractivity contribution in [2.24, 2.45) is 5.73 Å². The van der Waals surface area contributed by atoms with E-state index in [1.54, 1.807) is 18.3 Å². The molecule has 1 atom stereocenters. The van der Waals surface area contributed by atoms with Gasteiger partial charge in [-0.25, -0.2) is 0 Å². The standard InChI is InChI=1S/C15H17IN2O.C6H6N2O/c1-10-7-15(18-6-2-3-12(18)9-19)13-5-4-11(16)8-14(13)17-10;7-6(9)5-2-1-3-8-4-5/h4-5,7-8,12,19H,2-3,6,9H2,1H3;1-4H,(H2,7,9)/t12-;/m0./s1. The van der Waals surface area contributed by atoms with Crippen LogP contribution >= 0.6 is 22.6 Å². The number of primary amides is 1. The first-order chi connectivity index (χ1) is 13.5. The summed E-state index contributed by atoms with van der Waals surface area (Å²) in [7, 11) is 0. The molecule has 1 aliphatic heterocycles. The van der Waals surface area contributed by atoms with Crippen LogP contribution < -0.4 is 10.6 Å². The van der Waals surface area contributed by atoms with Crippen LogP contribution in [-0.4, -0.2) is 40.2 Å². The Hall–Kier alpha value is -2.26. The van der Waals surface area contributed by atoms with Crippen molar-refractivity contribution in [3.63, 3.8) is 0 Å².